The minimum absolute atomic E-state index is 0.104. The topological polar surface area (TPSA) is 101 Å². The van der Waals surface area contributed by atoms with Crippen molar-refractivity contribution in [1.82, 2.24) is 25.5 Å². The Kier molecular flexibility index (Phi) is 8.04. The quantitative estimate of drug-likeness (QED) is 0.255. The van der Waals surface area contributed by atoms with Crippen LogP contribution in [0.4, 0.5) is 26.3 Å². The molecule has 1 saturated heterocycles. The molecule has 222 valence electrons. The lowest BCUT2D eigenvalue weighted by Gasteiger charge is -2.33. The van der Waals surface area contributed by atoms with E-state index in [0.717, 1.165) is 17.8 Å². The Balaban J connectivity index is 1.33. The molecule has 2 aliphatic rings. The summed E-state index contributed by atoms with van der Waals surface area (Å²) >= 11 is 1.16. The summed E-state index contributed by atoms with van der Waals surface area (Å²) in [6.45, 7) is 0.897. The van der Waals surface area contributed by atoms with Gasteiger partial charge >= 0.3 is 12.4 Å². The third kappa shape index (κ3) is 6.29. The highest BCUT2D eigenvalue weighted by molar-refractivity contribution is 8.18. The Morgan fingerprint density at radius 1 is 1.17 bits per heavy atom. The second kappa shape index (κ2) is 11.4. The first kappa shape index (κ1) is 29.6. The first-order valence-corrected chi connectivity index (χ1v) is 13.2. The van der Waals surface area contributed by atoms with E-state index in [2.05, 4.69) is 25.7 Å². The molecule has 1 atom stereocenters. The number of halogens is 6. The Labute approximate surface area is 238 Å². The van der Waals surface area contributed by atoms with Gasteiger partial charge in [0.25, 0.3) is 11.8 Å². The van der Waals surface area contributed by atoms with Crippen LogP contribution >= 0.6 is 11.8 Å². The van der Waals surface area contributed by atoms with Crippen molar-refractivity contribution < 1.29 is 40.8 Å². The van der Waals surface area contributed by atoms with Crippen LogP contribution in [0, 0.1) is 0 Å². The fraction of sp³-hybridized carbons (Fsp3) is 0.308. The number of hydrogen-bond acceptors (Lipinski definition) is 7. The maximum Gasteiger partial charge on any atom is 0.416 e. The van der Waals surface area contributed by atoms with Crippen LogP contribution in [0.3, 0.4) is 0 Å². The first-order valence-electron chi connectivity index (χ1n) is 12.4. The predicted molar refractivity (Wildman–Crippen MR) is 142 cm³/mol. The molecule has 0 bridgehead atoms. The Morgan fingerprint density at radius 2 is 1.95 bits per heavy atom. The number of carbonyl (C=O) groups excluding carboxylic acids is 2. The monoisotopic (exact) mass is 612 g/mol. The molecule has 0 saturated carbocycles. The third-order valence-corrected chi connectivity index (χ3v) is 7.65. The van der Waals surface area contributed by atoms with Crippen molar-refractivity contribution in [3.63, 3.8) is 0 Å². The van der Waals surface area contributed by atoms with Crippen molar-refractivity contribution in [2.24, 2.45) is 4.99 Å². The second-order valence-corrected chi connectivity index (χ2v) is 10.4. The van der Waals surface area contributed by atoms with Crippen LogP contribution in [-0.4, -0.2) is 64.4 Å². The number of benzene rings is 2. The second-order valence-electron chi connectivity index (χ2n) is 9.42. The van der Waals surface area contributed by atoms with E-state index in [9.17, 15) is 35.9 Å². The zero-order chi connectivity index (χ0) is 30.2. The largest absolute Gasteiger partial charge is 0.416 e. The highest BCUT2D eigenvalue weighted by Crippen LogP contribution is 2.38. The lowest BCUT2D eigenvalue weighted by molar-refractivity contribution is -0.143. The van der Waals surface area contributed by atoms with Crippen LogP contribution in [0.1, 0.15) is 22.3 Å². The van der Waals surface area contributed by atoms with E-state index in [0.29, 0.717) is 45.7 Å². The molecule has 1 aromatic heterocycles. The van der Waals surface area contributed by atoms with E-state index in [4.69, 9.17) is 0 Å². The van der Waals surface area contributed by atoms with Gasteiger partial charge in [-0.1, -0.05) is 12.1 Å². The van der Waals surface area contributed by atoms with Gasteiger partial charge in [-0.05, 0) is 53.2 Å². The van der Waals surface area contributed by atoms with Gasteiger partial charge in [0.1, 0.15) is 6.04 Å². The van der Waals surface area contributed by atoms with E-state index in [1.54, 1.807) is 24.3 Å². The number of piperazine rings is 1. The number of amidine groups is 1. The number of amides is 2. The summed E-state index contributed by atoms with van der Waals surface area (Å²) in [5.41, 5.74) is 0.200. The molecular weight excluding hydrogens is 590 g/mol. The van der Waals surface area contributed by atoms with Crippen molar-refractivity contribution in [2.75, 3.05) is 26.7 Å². The van der Waals surface area contributed by atoms with E-state index in [1.165, 1.54) is 18.0 Å². The summed E-state index contributed by atoms with van der Waals surface area (Å²) in [5.74, 6) is -0.807. The number of hydrogen-bond donors (Lipinski definition) is 2. The molecule has 3 heterocycles. The molecule has 16 heteroatoms. The lowest BCUT2D eigenvalue weighted by atomic mass is 10.0. The fourth-order valence-electron chi connectivity index (χ4n) is 4.59. The number of fused-ring (bicyclic) bond motifs is 1. The Morgan fingerprint density at radius 3 is 2.67 bits per heavy atom. The van der Waals surface area contributed by atoms with Crippen LogP contribution in [0.5, 0.6) is 0 Å². The molecule has 1 fully saturated rings. The summed E-state index contributed by atoms with van der Waals surface area (Å²) in [6, 6.07) is 5.90. The van der Waals surface area contributed by atoms with Gasteiger partial charge in [-0.15, -0.1) is 0 Å². The van der Waals surface area contributed by atoms with E-state index in [-0.39, 0.29) is 24.1 Å². The minimum Gasteiger partial charge on any atom is -0.347 e. The summed E-state index contributed by atoms with van der Waals surface area (Å²) in [5, 5.41) is 8.21. The number of rotatable bonds is 5. The van der Waals surface area contributed by atoms with Gasteiger partial charge in [0.2, 0.25) is 0 Å². The molecule has 2 aliphatic heterocycles. The molecule has 0 radical (unpaired) electrons. The van der Waals surface area contributed by atoms with Crippen molar-refractivity contribution in [3.05, 3.63) is 69.8 Å². The molecule has 9 nitrogen and oxygen atoms in total. The highest BCUT2D eigenvalue weighted by atomic mass is 32.2. The molecule has 1 unspecified atom stereocenters. The maximum absolute atomic E-state index is 13.6. The van der Waals surface area contributed by atoms with Crippen molar-refractivity contribution in [3.8, 4) is 0 Å². The molecule has 0 spiro atoms. The molecule has 3 aromatic rings. The summed E-state index contributed by atoms with van der Waals surface area (Å²) in [6.07, 6.45) is -6.87. The molecule has 42 heavy (non-hydrogen) atoms. The van der Waals surface area contributed by atoms with Crippen LogP contribution < -0.4 is 10.8 Å². The van der Waals surface area contributed by atoms with E-state index >= 15 is 0 Å². The van der Waals surface area contributed by atoms with Crippen LogP contribution in [0.15, 0.2) is 52.5 Å². The van der Waals surface area contributed by atoms with Crippen LogP contribution in [0.25, 0.3) is 17.0 Å². The van der Waals surface area contributed by atoms with Gasteiger partial charge in [-0.25, -0.2) is 5.48 Å². The van der Waals surface area contributed by atoms with Crippen molar-refractivity contribution >= 4 is 45.7 Å². The number of aromatic nitrogens is 2. The minimum atomic E-state index is -4.99. The molecule has 0 aliphatic carbocycles. The van der Waals surface area contributed by atoms with Crippen LogP contribution in [-0.2, 0) is 33.3 Å². The number of nitrogens with zero attached hydrogens (tertiary/aromatic N) is 4. The third-order valence-electron chi connectivity index (χ3n) is 6.60. The predicted octanol–water partition coefficient (Wildman–Crippen LogP) is 4.04. The molecule has 2 amide bonds. The van der Waals surface area contributed by atoms with Gasteiger partial charge < -0.3 is 10.2 Å². The average molecular weight is 613 g/mol. The molecule has 2 N–H and O–H groups in total. The smallest absolute Gasteiger partial charge is 0.347 e. The summed E-state index contributed by atoms with van der Waals surface area (Å²) < 4.78 is 81.1. The fourth-order valence-corrected chi connectivity index (χ4v) is 5.54. The number of thioether (sulfide) groups is 1. The van der Waals surface area contributed by atoms with Crippen LogP contribution in [0.2, 0.25) is 0 Å². The SMILES string of the molecule is CONC(=O)C1CN(C2=NC(=O)C(=Cc3ccc4c(cnn4Cc4ccc(C(F)(F)F)cc4C(F)(F)F)c3)S2)CCN1. The standard InChI is InChI=1S/C26H22F6N6O3S/c1-41-36-22(39)19-13-37(7-6-33-19)24-35-23(40)21(42-24)9-14-2-5-20-16(8-14)11-34-38(20)12-15-3-4-17(25(27,28)29)10-18(15)26(30,31)32/h2-5,8-11,19,33H,6-7,12-13H2,1H3,(H,36,39). The van der Waals surface area contributed by atoms with Gasteiger partial charge in [-0.2, -0.15) is 36.4 Å². The number of alkyl halides is 6. The number of carbonyl (C=O) groups is 2. The summed E-state index contributed by atoms with van der Waals surface area (Å²) in [4.78, 5) is 35.7. The molecular formula is C26H22F6N6O3S. The maximum atomic E-state index is 13.6. The van der Waals surface area contributed by atoms with Crippen molar-refractivity contribution in [2.45, 2.75) is 24.9 Å². The van der Waals surface area contributed by atoms with Gasteiger partial charge in [0, 0.05) is 25.0 Å². The first-order chi connectivity index (χ1) is 19.8. The number of hydroxylamine groups is 1. The van der Waals surface area contributed by atoms with E-state index in [1.807, 2.05) is 4.90 Å². The van der Waals surface area contributed by atoms with E-state index < -0.39 is 42.0 Å². The van der Waals surface area contributed by atoms with Crippen molar-refractivity contribution in [1.29, 1.82) is 0 Å². The zero-order valence-corrected chi connectivity index (χ0v) is 22.5. The van der Waals surface area contributed by atoms with Gasteiger partial charge in [0.05, 0.1) is 41.4 Å². The summed E-state index contributed by atoms with van der Waals surface area (Å²) in [7, 11) is 1.33. The Hall–Kier alpha value is -3.89. The highest BCUT2D eigenvalue weighted by Gasteiger charge is 2.38. The average Bonchev–Trinajstić information content (AvgIpc) is 3.50. The lowest BCUT2D eigenvalue weighted by Crippen LogP contribution is -2.57. The van der Waals surface area contributed by atoms with Gasteiger partial charge in [0.15, 0.2) is 5.17 Å². The van der Waals surface area contributed by atoms with Gasteiger partial charge in [-0.3, -0.25) is 19.1 Å². The Bertz CT molecular complexity index is 1600. The molecule has 2 aromatic carbocycles. The zero-order valence-electron chi connectivity index (χ0n) is 21.7. The number of aliphatic imine (C=N–C) groups is 1. The normalized spacial score (nSPS) is 19.1. The number of nitrogens with one attached hydrogen (secondary N) is 2. The molecule has 5 rings (SSSR count).